The molecule has 0 N–H and O–H groups in total. The second-order valence-corrected chi connectivity index (χ2v) is 15.7. The molecule has 12 nitrogen and oxygen atoms in total. The van der Waals surface area contributed by atoms with Gasteiger partial charge in [0, 0.05) is 23.2 Å². The molecular weight excluding hydrogens is 707 g/mol. The highest BCUT2D eigenvalue weighted by atomic mass is 32.2. The fourth-order valence-electron chi connectivity index (χ4n) is 6.06. The van der Waals surface area contributed by atoms with Crippen LogP contribution in [0.15, 0.2) is 80.3 Å². The van der Waals surface area contributed by atoms with Gasteiger partial charge in [-0.25, -0.2) is 36.1 Å². The van der Waals surface area contributed by atoms with Gasteiger partial charge in [-0.2, -0.15) is 0 Å². The smallest absolute Gasteiger partial charge is 0.420 e. The van der Waals surface area contributed by atoms with Crippen LogP contribution in [-0.2, 0) is 27.0 Å². The summed E-state index contributed by atoms with van der Waals surface area (Å²) in [6.07, 6.45) is 0.780. The van der Waals surface area contributed by atoms with E-state index in [1.54, 1.807) is 75.5 Å². The Kier molecular flexibility index (Phi) is 9.35. The number of alkyl halides is 1. The minimum absolute atomic E-state index is 0.0340. The lowest BCUT2D eigenvalue weighted by Gasteiger charge is -2.45. The first kappa shape index (κ1) is 35.9. The van der Waals surface area contributed by atoms with Gasteiger partial charge >= 0.3 is 11.8 Å². The standard InChI is InChI=1S/C35H36F2N4O8S2/c1-21(24-9-7-8-10-25(24)35(37)19-39(20-35)32(42)49-34(2,3)4)41-26-13-14-28(29(36)30(26)48-33(41)43)51(44,45)40(31-38-15-16-50-31)18-22-11-12-23(46-5)17-27(22)47-6/h7-17,21H,18-20H2,1-6H3/t21-/m1/s1. The number of benzene rings is 3. The highest BCUT2D eigenvalue weighted by molar-refractivity contribution is 7.93. The molecule has 3 heterocycles. The summed E-state index contributed by atoms with van der Waals surface area (Å²) in [7, 11) is -1.74. The lowest BCUT2D eigenvalue weighted by atomic mass is 9.83. The minimum atomic E-state index is -4.65. The van der Waals surface area contributed by atoms with E-state index in [9.17, 15) is 18.0 Å². The van der Waals surface area contributed by atoms with Crippen LogP contribution in [0.1, 0.15) is 50.4 Å². The molecule has 1 amide bonds. The monoisotopic (exact) mass is 742 g/mol. The maximum Gasteiger partial charge on any atom is 0.420 e. The summed E-state index contributed by atoms with van der Waals surface area (Å²) < 4.78 is 84.6. The Balaban J connectivity index is 1.35. The normalized spacial score (nSPS) is 14.9. The van der Waals surface area contributed by atoms with E-state index in [0.29, 0.717) is 22.6 Å². The van der Waals surface area contributed by atoms with Crippen molar-refractivity contribution in [3.8, 4) is 11.5 Å². The number of amides is 1. The van der Waals surface area contributed by atoms with E-state index in [2.05, 4.69) is 4.98 Å². The van der Waals surface area contributed by atoms with Crippen molar-refractivity contribution >= 4 is 43.7 Å². The Morgan fingerprint density at radius 2 is 1.84 bits per heavy atom. The lowest BCUT2D eigenvalue weighted by molar-refractivity contribution is -0.0542. The molecule has 0 bridgehead atoms. The average Bonchev–Trinajstić information content (AvgIpc) is 3.72. The third-order valence-electron chi connectivity index (χ3n) is 8.51. The predicted octanol–water partition coefficient (Wildman–Crippen LogP) is 6.63. The molecule has 3 aromatic carbocycles. The molecule has 2 aromatic heterocycles. The van der Waals surface area contributed by atoms with Crippen molar-refractivity contribution < 1.29 is 40.6 Å². The van der Waals surface area contributed by atoms with Gasteiger partial charge in [0.25, 0.3) is 10.0 Å². The Bertz CT molecular complexity index is 2260. The van der Waals surface area contributed by atoms with Crippen molar-refractivity contribution in [1.29, 1.82) is 0 Å². The van der Waals surface area contributed by atoms with Crippen molar-refractivity contribution in [2.24, 2.45) is 0 Å². The Hall–Kier alpha value is -4.96. The SMILES string of the molecule is COc1ccc(CN(c2nccs2)S(=O)(=O)c2ccc3c(oc(=O)n3[C@H](C)c3ccccc3C3(F)CN(C(=O)OC(C)(C)C)C3)c2F)c(OC)c1. The molecule has 6 rings (SSSR count). The molecule has 51 heavy (non-hydrogen) atoms. The number of nitrogens with zero attached hydrogens (tertiary/aromatic N) is 4. The van der Waals surface area contributed by atoms with Crippen LogP contribution in [0.5, 0.6) is 11.5 Å². The molecule has 270 valence electrons. The number of halogens is 2. The van der Waals surface area contributed by atoms with Gasteiger partial charge in [0.05, 0.1) is 45.4 Å². The number of carbonyl (C=O) groups excluding carboxylic acids is 1. The number of carbonyl (C=O) groups is 1. The highest BCUT2D eigenvalue weighted by Crippen LogP contribution is 2.42. The zero-order valence-corrected chi connectivity index (χ0v) is 30.3. The number of methoxy groups -OCH3 is 2. The Morgan fingerprint density at radius 1 is 1.12 bits per heavy atom. The zero-order chi connectivity index (χ0) is 36.9. The average molecular weight is 743 g/mol. The largest absolute Gasteiger partial charge is 0.497 e. The molecule has 0 radical (unpaired) electrons. The van der Waals surface area contributed by atoms with Gasteiger partial charge < -0.3 is 23.5 Å². The zero-order valence-electron chi connectivity index (χ0n) is 28.7. The van der Waals surface area contributed by atoms with Gasteiger partial charge in [0.15, 0.2) is 22.2 Å². The van der Waals surface area contributed by atoms with Crippen LogP contribution >= 0.6 is 11.3 Å². The fraction of sp³-hybridized carbons (Fsp3) is 0.343. The van der Waals surface area contributed by atoms with Gasteiger partial charge in [0.1, 0.15) is 22.0 Å². The van der Waals surface area contributed by atoms with E-state index in [-0.39, 0.29) is 35.8 Å². The number of thiazole rings is 1. The summed E-state index contributed by atoms with van der Waals surface area (Å²) in [4.78, 5) is 30.5. The predicted molar refractivity (Wildman–Crippen MR) is 186 cm³/mol. The summed E-state index contributed by atoms with van der Waals surface area (Å²) in [5, 5.41) is 1.65. The highest BCUT2D eigenvalue weighted by Gasteiger charge is 2.50. The molecule has 1 aliphatic rings. The Morgan fingerprint density at radius 3 is 2.49 bits per heavy atom. The van der Waals surface area contributed by atoms with Crippen LogP contribution < -0.4 is 19.5 Å². The van der Waals surface area contributed by atoms with E-state index in [1.165, 1.54) is 31.4 Å². The minimum Gasteiger partial charge on any atom is -0.497 e. The van der Waals surface area contributed by atoms with E-state index in [1.807, 2.05) is 0 Å². The van der Waals surface area contributed by atoms with E-state index >= 15 is 8.78 Å². The maximum absolute atomic E-state index is 16.4. The van der Waals surface area contributed by atoms with Gasteiger partial charge in [-0.1, -0.05) is 24.3 Å². The molecule has 0 aliphatic carbocycles. The number of ether oxygens (including phenoxy) is 3. The molecule has 16 heteroatoms. The van der Waals surface area contributed by atoms with Crippen molar-refractivity contribution in [2.75, 3.05) is 31.6 Å². The number of oxazole rings is 1. The first-order chi connectivity index (χ1) is 24.1. The molecule has 1 atom stereocenters. The fourth-order valence-corrected chi connectivity index (χ4v) is 8.39. The first-order valence-corrected chi connectivity index (χ1v) is 18.1. The van der Waals surface area contributed by atoms with Crippen LogP contribution in [0.25, 0.3) is 11.1 Å². The van der Waals surface area contributed by atoms with Crippen LogP contribution in [0.3, 0.4) is 0 Å². The van der Waals surface area contributed by atoms with Crippen LogP contribution in [-0.4, -0.2) is 61.9 Å². The quantitative estimate of drug-likeness (QED) is 0.155. The number of likely N-dealkylation sites (tertiary alicyclic amines) is 1. The van der Waals surface area contributed by atoms with Crippen LogP contribution in [0.4, 0.5) is 18.7 Å². The topological polar surface area (TPSA) is 133 Å². The molecule has 0 unspecified atom stereocenters. The summed E-state index contributed by atoms with van der Waals surface area (Å²) in [6.45, 7) is 5.98. The van der Waals surface area contributed by atoms with E-state index < -0.39 is 55.5 Å². The van der Waals surface area contributed by atoms with Crippen molar-refractivity contribution in [3.63, 3.8) is 0 Å². The summed E-state index contributed by atoms with van der Waals surface area (Å²) in [5.41, 5.74) is -2.22. The maximum atomic E-state index is 16.4. The summed E-state index contributed by atoms with van der Waals surface area (Å²) >= 11 is 1.04. The third-order valence-corrected chi connectivity index (χ3v) is 11.2. The van der Waals surface area contributed by atoms with Crippen LogP contribution in [0, 0.1) is 5.82 Å². The van der Waals surface area contributed by atoms with Gasteiger partial charge in [-0.3, -0.25) is 4.57 Å². The van der Waals surface area contributed by atoms with Crippen molar-refractivity contribution in [2.45, 2.75) is 56.4 Å². The number of fused-ring (bicyclic) bond motifs is 1. The molecule has 0 saturated carbocycles. The number of hydrogen-bond donors (Lipinski definition) is 0. The second-order valence-electron chi connectivity index (χ2n) is 13.0. The first-order valence-electron chi connectivity index (χ1n) is 15.8. The molecule has 0 spiro atoms. The molecule has 1 saturated heterocycles. The summed E-state index contributed by atoms with van der Waals surface area (Å²) in [5.74, 6) is -1.42. The molecule has 1 fully saturated rings. The number of anilines is 1. The van der Waals surface area contributed by atoms with Gasteiger partial charge in [-0.15, -0.1) is 11.3 Å². The number of sulfonamides is 1. The molecule has 1 aliphatic heterocycles. The number of hydrogen-bond acceptors (Lipinski definition) is 10. The van der Waals surface area contributed by atoms with Gasteiger partial charge in [-0.05, 0) is 63.1 Å². The molecule has 5 aromatic rings. The lowest BCUT2D eigenvalue weighted by Crippen LogP contribution is -2.60. The van der Waals surface area contributed by atoms with Crippen molar-refractivity contribution in [1.82, 2.24) is 14.5 Å². The summed E-state index contributed by atoms with van der Waals surface area (Å²) in [6, 6.07) is 12.9. The van der Waals surface area contributed by atoms with E-state index in [0.717, 1.165) is 26.3 Å². The Labute approximate surface area is 296 Å². The third kappa shape index (κ3) is 6.65. The number of rotatable bonds is 10. The van der Waals surface area contributed by atoms with E-state index in [4.69, 9.17) is 18.6 Å². The second kappa shape index (κ2) is 13.3. The van der Waals surface area contributed by atoms with Gasteiger partial charge in [0.2, 0.25) is 0 Å². The molecular formula is C35H36F2N4O8S2. The van der Waals surface area contributed by atoms with Crippen LogP contribution in [0.2, 0.25) is 0 Å². The van der Waals surface area contributed by atoms with Crippen molar-refractivity contribution in [3.05, 3.63) is 99.2 Å². The number of aromatic nitrogens is 2.